The van der Waals surface area contributed by atoms with Crippen LogP contribution in [-0.2, 0) is 16.1 Å². The lowest BCUT2D eigenvalue weighted by atomic mass is 10.0. The number of morpholine rings is 1. The average molecular weight is 368 g/mol. The Morgan fingerprint density at radius 2 is 2.15 bits per heavy atom. The van der Waals surface area contributed by atoms with Crippen LogP contribution in [0.15, 0.2) is 46.2 Å². The first-order chi connectivity index (χ1) is 12.7. The summed E-state index contributed by atoms with van der Waals surface area (Å²) in [7, 11) is 0. The molecule has 2 fully saturated rings. The van der Waals surface area contributed by atoms with Gasteiger partial charge in [-0.05, 0) is 24.6 Å². The number of likely N-dealkylation sites (tertiary alicyclic amines) is 1. The number of furan rings is 1. The zero-order valence-corrected chi connectivity index (χ0v) is 15.2. The standard InChI is InChI=1S/C20H20N2O3S/c23-19-10-24-20(12-21-19)7-8-22(13-20)9-14-5-6-17(25-14)16-11-26-18-4-2-1-3-15(16)18/h1-6,11H,7-10,12-13H2,(H,21,23). The minimum Gasteiger partial charge on any atom is -0.460 e. The van der Waals surface area contributed by atoms with Gasteiger partial charge in [-0.15, -0.1) is 11.3 Å². The first-order valence-electron chi connectivity index (χ1n) is 8.89. The lowest BCUT2D eigenvalue weighted by molar-refractivity contribution is -0.142. The van der Waals surface area contributed by atoms with Gasteiger partial charge in [0, 0.05) is 40.7 Å². The van der Waals surface area contributed by atoms with E-state index in [-0.39, 0.29) is 18.1 Å². The van der Waals surface area contributed by atoms with Crippen molar-refractivity contribution in [2.24, 2.45) is 0 Å². The Kier molecular flexibility index (Phi) is 3.85. The van der Waals surface area contributed by atoms with Gasteiger partial charge in [-0.2, -0.15) is 0 Å². The van der Waals surface area contributed by atoms with Crippen molar-refractivity contribution < 1.29 is 13.9 Å². The molecule has 1 N–H and O–H groups in total. The molecule has 26 heavy (non-hydrogen) atoms. The molecule has 5 nitrogen and oxygen atoms in total. The molecule has 134 valence electrons. The molecule has 0 aliphatic carbocycles. The Bertz CT molecular complexity index is 951. The minimum atomic E-state index is -0.229. The van der Waals surface area contributed by atoms with Gasteiger partial charge in [-0.1, -0.05) is 18.2 Å². The quantitative estimate of drug-likeness (QED) is 0.771. The summed E-state index contributed by atoms with van der Waals surface area (Å²) in [5.74, 6) is 1.87. The van der Waals surface area contributed by atoms with Crippen LogP contribution in [0, 0.1) is 0 Å². The van der Waals surface area contributed by atoms with Crippen LogP contribution in [0.2, 0.25) is 0 Å². The number of nitrogens with zero attached hydrogens (tertiary/aromatic N) is 1. The van der Waals surface area contributed by atoms with Crippen molar-refractivity contribution in [1.82, 2.24) is 10.2 Å². The molecule has 2 saturated heterocycles. The highest BCUT2D eigenvalue weighted by Crippen LogP contribution is 2.35. The molecule has 4 heterocycles. The number of fused-ring (bicyclic) bond motifs is 1. The van der Waals surface area contributed by atoms with Crippen LogP contribution in [0.25, 0.3) is 21.4 Å². The van der Waals surface area contributed by atoms with Gasteiger partial charge in [0.05, 0.1) is 12.1 Å². The second-order valence-corrected chi connectivity index (χ2v) is 8.03. The van der Waals surface area contributed by atoms with Gasteiger partial charge in [0.15, 0.2) is 0 Å². The van der Waals surface area contributed by atoms with E-state index < -0.39 is 0 Å². The van der Waals surface area contributed by atoms with Crippen LogP contribution in [0.3, 0.4) is 0 Å². The molecule has 2 aromatic heterocycles. The molecular weight excluding hydrogens is 348 g/mol. The molecule has 5 rings (SSSR count). The summed E-state index contributed by atoms with van der Waals surface area (Å²) in [4.78, 5) is 13.7. The van der Waals surface area contributed by atoms with Crippen molar-refractivity contribution >= 4 is 27.3 Å². The van der Waals surface area contributed by atoms with Crippen molar-refractivity contribution in [1.29, 1.82) is 0 Å². The summed E-state index contributed by atoms with van der Waals surface area (Å²) in [6.45, 7) is 3.32. The lowest BCUT2D eigenvalue weighted by Crippen LogP contribution is -2.53. The summed E-state index contributed by atoms with van der Waals surface area (Å²) in [5, 5.41) is 6.33. The van der Waals surface area contributed by atoms with E-state index in [1.54, 1.807) is 11.3 Å². The third-order valence-electron chi connectivity index (χ3n) is 5.30. The van der Waals surface area contributed by atoms with Gasteiger partial charge in [0.1, 0.15) is 18.1 Å². The second kappa shape index (κ2) is 6.23. The van der Waals surface area contributed by atoms with Crippen LogP contribution in [0.1, 0.15) is 12.2 Å². The number of amides is 1. The molecule has 1 atom stereocenters. The summed E-state index contributed by atoms with van der Waals surface area (Å²) in [6.07, 6.45) is 0.940. The predicted molar refractivity (Wildman–Crippen MR) is 101 cm³/mol. The Hall–Kier alpha value is -2.15. The zero-order valence-electron chi connectivity index (χ0n) is 14.4. The third-order valence-corrected chi connectivity index (χ3v) is 6.26. The summed E-state index contributed by atoms with van der Waals surface area (Å²) in [6, 6.07) is 12.5. The van der Waals surface area contributed by atoms with Gasteiger partial charge < -0.3 is 14.5 Å². The molecule has 1 aromatic carbocycles. The maximum Gasteiger partial charge on any atom is 0.246 e. The highest BCUT2D eigenvalue weighted by Gasteiger charge is 2.42. The maximum atomic E-state index is 11.3. The molecule has 1 spiro atoms. The fourth-order valence-electron chi connectivity index (χ4n) is 3.90. The Balaban J connectivity index is 1.30. The zero-order chi connectivity index (χ0) is 17.6. The fourth-order valence-corrected chi connectivity index (χ4v) is 4.85. The summed E-state index contributed by atoms with van der Waals surface area (Å²) < 4.78 is 13.3. The molecule has 0 radical (unpaired) electrons. The van der Waals surface area contributed by atoms with Crippen LogP contribution in [-0.4, -0.2) is 42.6 Å². The van der Waals surface area contributed by atoms with E-state index >= 15 is 0 Å². The van der Waals surface area contributed by atoms with Gasteiger partial charge in [-0.25, -0.2) is 0 Å². The van der Waals surface area contributed by atoms with Crippen molar-refractivity contribution in [3.05, 3.63) is 47.5 Å². The first-order valence-corrected chi connectivity index (χ1v) is 9.77. The van der Waals surface area contributed by atoms with Gasteiger partial charge >= 0.3 is 0 Å². The SMILES string of the molecule is O=C1COC2(CCN(Cc3ccc(-c4csc5ccccc45)o3)C2)CN1. The molecule has 2 aliphatic rings. The highest BCUT2D eigenvalue weighted by atomic mass is 32.1. The highest BCUT2D eigenvalue weighted by molar-refractivity contribution is 7.17. The van der Waals surface area contributed by atoms with Crippen LogP contribution >= 0.6 is 11.3 Å². The number of hydrogen-bond donors (Lipinski definition) is 1. The molecule has 6 heteroatoms. The number of thiophene rings is 1. The molecular formula is C20H20N2O3S. The van der Waals surface area contributed by atoms with Crippen molar-refractivity contribution in [3.63, 3.8) is 0 Å². The van der Waals surface area contributed by atoms with E-state index in [4.69, 9.17) is 9.15 Å². The van der Waals surface area contributed by atoms with Crippen LogP contribution < -0.4 is 5.32 Å². The molecule has 1 amide bonds. The molecule has 3 aromatic rings. The van der Waals surface area contributed by atoms with Gasteiger partial charge in [-0.3, -0.25) is 9.69 Å². The Morgan fingerprint density at radius 1 is 1.23 bits per heavy atom. The number of benzene rings is 1. The largest absolute Gasteiger partial charge is 0.460 e. The Labute approximate surface area is 155 Å². The van der Waals surface area contributed by atoms with Gasteiger partial charge in [0.2, 0.25) is 5.91 Å². The van der Waals surface area contributed by atoms with E-state index in [9.17, 15) is 4.79 Å². The first kappa shape index (κ1) is 16.1. The van der Waals surface area contributed by atoms with Crippen LogP contribution in [0.5, 0.6) is 0 Å². The molecule has 0 saturated carbocycles. The third kappa shape index (κ3) is 2.84. The normalized spacial score (nSPS) is 23.8. The average Bonchev–Trinajstić information content (AvgIpc) is 3.37. The van der Waals surface area contributed by atoms with Crippen molar-refractivity contribution in [2.75, 3.05) is 26.2 Å². The lowest BCUT2D eigenvalue weighted by Gasteiger charge is -2.33. The molecule has 1 unspecified atom stereocenters. The number of hydrogen-bond acceptors (Lipinski definition) is 5. The maximum absolute atomic E-state index is 11.3. The Morgan fingerprint density at radius 3 is 3.04 bits per heavy atom. The van der Waals surface area contributed by atoms with Crippen LogP contribution in [0.4, 0.5) is 0 Å². The summed E-state index contributed by atoms with van der Waals surface area (Å²) in [5.41, 5.74) is 0.931. The number of rotatable bonds is 3. The van der Waals surface area contributed by atoms with Gasteiger partial charge in [0.25, 0.3) is 0 Å². The van der Waals surface area contributed by atoms with E-state index in [0.29, 0.717) is 6.54 Å². The number of ether oxygens (including phenoxy) is 1. The van der Waals surface area contributed by atoms with Crippen molar-refractivity contribution in [2.45, 2.75) is 18.6 Å². The van der Waals surface area contributed by atoms with E-state index in [1.807, 2.05) is 0 Å². The number of carbonyl (C=O) groups is 1. The topological polar surface area (TPSA) is 54.7 Å². The van der Waals surface area contributed by atoms with Crippen molar-refractivity contribution in [3.8, 4) is 11.3 Å². The second-order valence-electron chi connectivity index (χ2n) is 7.12. The molecule has 2 aliphatic heterocycles. The molecule has 0 bridgehead atoms. The number of carbonyl (C=O) groups excluding carboxylic acids is 1. The predicted octanol–water partition coefficient (Wildman–Crippen LogP) is 3.25. The smallest absolute Gasteiger partial charge is 0.246 e. The fraction of sp³-hybridized carbons (Fsp3) is 0.350. The minimum absolute atomic E-state index is 0.0206. The number of nitrogens with one attached hydrogen (secondary N) is 1. The summed E-state index contributed by atoms with van der Waals surface area (Å²) >= 11 is 1.74. The van der Waals surface area contributed by atoms with E-state index in [1.165, 1.54) is 10.1 Å². The van der Waals surface area contributed by atoms with E-state index in [2.05, 4.69) is 52.0 Å². The monoisotopic (exact) mass is 368 g/mol. The van der Waals surface area contributed by atoms with E-state index in [0.717, 1.165) is 43.1 Å².